The summed E-state index contributed by atoms with van der Waals surface area (Å²) in [7, 11) is -4.20. The summed E-state index contributed by atoms with van der Waals surface area (Å²) in [6.45, 7) is 7.70. The normalized spacial score (nSPS) is 14.1. The van der Waals surface area contributed by atoms with E-state index in [-0.39, 0.29) is 16.0 Å². The average molecular weight is 464 g/mol. The first-order chi connectivity index (χ1) is 15.0. The van der Waals surface area contributed by atoms with Gasteiger partial charge in [-0.2, -0.15) is 5.10 Å². The number of fused-ring (bicyclic) bond motifs is 1. The third kappa shape index (κ3) is 5.37. The second-order valence-corrected chi connectivity index (χ2v) is 10.1. The number of hydrogen-bond donors (Lipinski definition) is 1. The predicted molar refractivity (Wildman–Crippen MR) is 119 cm³/mol. The molecular weight excluding hydrogens is 437 g/mol. The molecule has 1 N–H and O–H groups in total. The van der Waals surface area contributed by atoms with E-state index in [0.717, 1.165) is 16.4 Å². The summed E-state index contributed by atoms with van der Waals surface area (Å²) in [6.07, 6.45) is 0. The molecule has 0 fully saturated rings. The molecule has 10 heteroatoms. The van der Waals surface area contributed by atoms with Gasteiger partial charge in [0.2, 0.25) is 0 Å². The molecule has 0 saturated carbocycles. The van der Waals surface area contributed by atoms with Crippen molar-refractivity contribution in [1.29, 1.82) is 0 Å². The van der Waals surface area contributed by atoms with Gasteiger partial charge >= 0.3 is 0 Å². The van der Waals surface area contributed by atoms with E-state index in [0.29, 0.717) is 30.4 Å². The highest BCUT2D eigenvalue weighted by molar-refractivity contribution is 7.92. The van der Waals surface area contributed by atoms with E-state index < -0.39 is 28.3 Å². The lowest BCUT2D eigenvalue weighted by molar-refractivity contribution is -0.119. The molecule has 3 rings (SSSR count). The number of nitrogens with zero attached hydrogens (tertiary/aromatic N) is 2. The number of anilines is 1. The molecule has 1 aliphatic rings. The number of carbonyl (C=O) groups excluding carboxylic acids is 1. The number of carbonyl (C=O) groups is 1. The topological polar surface area (TPSA) is 97.3 Å². The van der Waals surface area contributed by atoms with Gasteiger partial charge in [0, 0.05) is 17.2 Å². The van der Waals surface area contributed by atoms with Gasteiger partial charge in [0.05, 0.1) is 10.6 Å². The second-order valence-electron chi connectivity index (χ2n) is 8.28. The van der Waals surface area contributed by atoms with Crippen molar-refractivity contribution >= 4 is 27.3 Å². The molecule has 0 aromatic heterocycles. The summed E-state index contributed by atoms with van der Waals surface area (Å²) >= 11 is 0. The fourth-order valence-electron chi connectivity index (χ4n) is 2.71. The van der Waals surface area contributed by atoms with Crippen LogP contribution in [-0.2, 0) is 14.8 Å². The Morgan fingerprint density at radius 1 is 1.09 bits per heavy atom. The molecule has 0 bridgehead atoms. The molecule has 0 aliphatic carbocycles. The maximum Gasteiger partial charge on any atom is 0.264 e. The van der Waals surface area contributed by atoms with E-state index >= 15 is 0 Å². The van der Waals surface area contributed by atoms with Crippen molar-refractivity contribution in [2.24, 2.45) is 10.5 Å². The zero-order valence-electron chi connectivity index (χ0n) is 18.4. The van der Waals surface area contributed by atoms with Crippen molar-refractivity contribution in [2.75, 3.05) is 24.1 Å². The van der Waals surface area contributed by atoms with Gasteiger partial charge in [-0.25, -0.2) is 18.2 Å². The van der Waals surface area contributed by atoms with E-state index in [9.17, 15) is 17.6 Å². The van der Waals surface area contributed by atoms with Gasteiger partial charge in [0.25, 0.3) is 15.9 Å². The number of amides is 1. The van der Waals surface area contributed by atoms with Crippen molar-refractivity contribution in [3.8, 4) is 11.5 Å². The first-order valence-electron chi connectivity index (χ1n) is 10.00. The standard InChI is InChI=1S/C22H26FN3O5S/c1-15(22(2,3)4)24-25-21(27)14-26(17-7-5-16(23)6-8-17)32(28,29)18-9-10-19-20(13-18)31-12-11-30-19/h5-10,13H,11-12,14H2,1-4H3,(H,25,27)/b24-15-. The smallest absolute Gasteiger partial charge is 0.264 e. The van der Waals surface area contributed by atoms with Gasteiger partial charge in [-0.1, -0.05) is 20.8 Å². The third-order valence-corrected chi connectivity index (χ3v) is 6.71. The molecule has 172 valence electrons. The van der Waals surface area contributed by atoms with Crippen LogP contribution in [0.3, 0.4) is 0 Å². The van der Waals surface area contributed by atoms with Crippen molar-refractivity contribution in [1.82, 2.24) is 5.43 Å². The minimum absolute atomic E-state index is 0.0896. The van der Waals surface area contributed by atoms with E-state index in [1.165, 1.54) is 30.3 Å². The minimum atomic E-state index is -4.20. The lowest BCUT2D eigenvalue weighted by Gasteiger charge is -2.25. The number of hydrogen-bond acceptors (Lipinski definition) is 6. The summed E-state index contributed by atoms with van der Waals surface area (Å²) < 4.78 is 52.2. The summed E-state index contributed by atoms with van der Waals surface area (Å²) in [4.78, 5) is 12.5. The molecule has 2 aromatic carbocycles. The summed E-state index contributed by atoms with van der Waals surface area (Å²) in [6, 6.07) is 9.06. The zero-order chi connectivity index (χ0) is 23.5. The highest BCUT2D eigenvalue weighted by Gasteiger charge is 2.29. The van der Waals surface area contributed by atoms with Crippen LogP contribution in [0, 0.1) is 11.2 Å². The Labute approximate surface area is 187 Å². The summed E-state index contributed by atoms with van der Waals surface area (Å²) in [5.74, 6) is -0.432. The van der Waals surface area contributed by atoms with Crippen molar-refractivity contribution < 1.29 is 27.1 Å². The zero-order valence-corrected chi connectivity index (χ0v) is 19.2. The lowest BCUT2D eigenvalue weighted by Crippen LogP contribution is -2.40. The van der Waals surface area contributed by atoms with Crippen molar-refractivity contribution in [3.63, 3.8) is 0 Å². The maximum atomic E-state index is 13.5. The Balaban J connectivity index is 1.94. The average Bonchev–Trinajstić information content (AvgIpc) is 2.75. The molecular formula is C22H26FN3O5S. The molecule has 1 amide bonds. The molecule has 2 aromatic rings. The molecule has 0 atom stereocenters. The quantitative estimate of drug-likeness (QED) is 0.524. The van der Waals surface area contributed by atoms with Gasteiger partial charge in [0.1, 0.15) is 25.6 Å². The van der Waals surface area contributed by atoms with Crippen molar-refractivity contribution in [2.45, 2.75) is 32.6 Å². The van der Waals surface area contributed by atoms with Crippen LogP contribution in [0.5, 0.6) is 11.5 Å². The number of sulfonamides is 1. The van der Waals surface area contributed by atoms with Crippen LogP contribution in [0.4, 0.5) is 10.1 Å². The van der Waals surface area contributed by atoms with Gasteiger partial charge in [-0.3, -0.25) is 9.10 Å². The van der Waals surface area contributed by atoms with Crippen LogP contribution in [0.2, 0.25) is 0 Å². The van der Waals surface area contributed by atoms with Crippen LogP contribution in [0.25, 0.3) is 0 Å². The first kappa shape index (κ1) is 23.5. The SMILES string of the molecule is C/C(=N/NC(=O)CN(c1ccc(F)cc1)S(=O)(=O)c1ccc2c(c1)OCCO2)C(C)(C)C. The Kier molecular flexibility index (Phi) is 6.73. The lowest BCUT2D eigenvalue weighted by atomic mass is 9.91. The Hall–Kier alpha value is -3.14. The highest BCUT2D eigenvalue weighted by Crippen LogP contribution is 2.34. The second kappa shape index (κ2) is 9.15. The number of nitrogens with one attached hydrogen (secondary N) is 1. The molecule has 0 unspecified atom stereocenters. The van der Waals surface area contributed by atoms with E-state index in [1.54, 1.807) is 6.92 Å². The van der Waals surface area contributed by atoms with Gasteiger partial charge in [-0.15, -0.1) is 0 Å². The van der Waals surface area contributed by atoms with Crippen LogP contribution >= 0.6 is 0 Å². The van der Waals surface area contributed by atoms with Gasteiger partial charge < -0.3 is 9.47 Å². The van der Waals surface area contributed by atoms with Crippen LogP contribution < -0.4 is 19.2 Å². The fraction of sp³-hybridized carbons (Fsp3) is 0.364. The monoisotopic (exact) mass is 463 g/mol. The number of hydrazone groups is 1. The fourth-order valence-corrected chi connectivity index (χ4v) is 4.15. The Morgan fingerprint density at radius 3 is 2.34 bits per heavy atom. The molecule has 0 radical (unpaired) electrons. The van der Waals surface area contributed by atoms with Gasteiger partial charge in [0.15, 0.2) is 11.5 Å². The summed E-state index contributed by atoms with van der Waals surface area (Å²) in [5.41, 5.74) is 2.94. The van der Waals surface area contributed by atoms with E-state index in [1.807, 2.05) is 20.8 Å². The number of ether oxygens (including phenoxy) is 2. The molecule has 32 heavy (non-hydrogen) atoms. The predicted octanol–water partition coefficient (Wildman–Crippen LogP) is 3.33. The number of rotatable bonds is 6. The number of halogens is 1. The van der Waals surface area contributed by atoms with Gasteiger partial charge in [-0.05, 0) is 43.3 Å². The molecule has 1 heterocycles. The minimum Gasteiger partial charge on any atom is -0.486 e. The Bertz CT molecular complexity index is 1130. The number of benzene rings is 2. The molecule has 8 nitrogen and oxygen atoms in total. The van der Waals surface area contributed by atoms with Crippen LogP contribution in [0.1, 0.15) is 27.7 Å². The maximum absolute atomic E-state index is 13.5. The largest absolute Gasteiger partial charge is 0.486 e. The highest BCUT2D eigenvalue weighted by atomic mass is 32.2. The first-order valence-corrected chi connectivity index (χ1v) is 11.4. The van der Waals surface area contributed by atoms with Crippen molar-refractivity contribution in [3.05, 3.63) is 48.3 Å². The molecule has 0 saturated heterocycles. The molecule has 1 aliphatic heterocycles. The van der Waals surface area contributed by atoms with E-state index in [2.05, 4.69) is 10.5 Å². The molecule has 0 spiro atoms. The summed E-state index contributed by atoms with van der Waals surface area (Å²) in [5, 5.41) is 4.07. The van der Waals surface area contributed by atoms with E-state index in [4.69, 9.17) is 9.47 Å². The van der Waals surface area contributed by atoms with Crippen LogP contribution in [-0.4, -0.2) is 39.8 Å². The van der Waals surface area contributed by atoms with Crippen LogP contribution in [0.15, 0.2) is 52.5 Å². The Morgan fingerprint density at radius 2 is 1.72 bits per heavy atom. The third-order valence-electron chi connectivity index (χ3n) is 4.94.